The van der Waals surface area contributed by atoms with Crippen LogP contribution in [0.4, 0.5) is 0 Å². The molecule has 1 N–H and O–H groups in total. The van der Waals surface area contributed by atoms with Crippen LogP contribution in [0.5, 0.6) is 5.75 Å². The molecule has 0 saturated carbocycles. The largest absolute Gasteiger partial charge is 0.497 e. The van der Waals surface area contributed by atoms with Crippen molar-refractivity contribution in [2.75, 3.05) is 13.7 Å². The monoisotopic (exact) mass is 397 g/mol. The van der Waals surface area contributed by atoms with Gasteiger partial charge in [0.2, 0.25) is 5.91 Å². The second-order valence-corrected chi connectivity index (χ2v) is 7.48. The molecule has 0 fully saturated rings. The molecule has 0 saturated heterocycles. The molecule has 5 nitrogen and oxygen atoms in total. The van der Waals surface area contributed by atoms with Crippen molar-refractivity contribution in [1.82, 2.24) is 5.32 Å². The van der Waals surface area contributed by atoms with Gasteiger partial charge in [-0.1, -0.05) is 50.2 Å². The lowest BCUT2D eigenvalue weighted by Crippen LogP contribution is -2.33. The molecule has 0 spiro atoms. The Bertz CT molecular complexity index is 799. The second-order valence-electron chi connectivity index (χ2n) is 7.48. The Morgan fingerprint density at radius 2 is 1.76 bits per heavy atom. The van der Waals surface area contributed by atoms with E-state index in [0.29, 0.717) is 25.5 Å². The molecule has 156 valence electrons. The third-order valence-electron chi connectivity index (χ3n) is 4.67. The van der Waals surface area contributed by atoms with E-state index < -0.39 is 0 Å². The van der Waals surface area contributed by atoms with Gasteiger partial charge in [-0.05, 0) is 48.1 Å². The van der Waals surface area contributed by atoms with Gasteiger partial charge in [-0.3, -0.25) is 9.59 Å². The first kappa shape index (κ1) is 22.5. The molecule has 0 aromatic heterocycles. The van der Waals surface area contributed by atoms with Crippen LogP contribution in [0.2, 0.25) is 0 Å². The summed E-state index contributed by atoms with van der Waals surface area (Å²) in [4.78, 5) is 24.4. The molecule has 2 rings (SSSR count). The Hall–Kier alpha value is -2.82. The van der Waals surface area contributed by atoms with E-state index in [1.807, 2.05) is 62.4 Å². The van der Waals surface area contributed by atoms with E-state index in [1.165, 1.54) is 0 Å². The number of esters is 1. The molecule has 1 unspecified atom stereocenters. The van der Waals surface area contributed by atoms with Crippen LogP contribution in [-0.4, -0.2) is 25.6 Å². The molecule has 0 radical (unpaired) electrons. The molecule has 0 aliphatic heterocycles. The van der Waals surface area contributed by atoms with Gasteiger partial charge in [0.25, 0.3) is 0 Å². The highest BCUT2D eigenvalue weighted by Gasteiger charge is 2.23. The zero-order chi connectivity index (χ0) is 21.2. The summed E-state index contributed by atoms with van der Waals surface area (Å²) in [6.45, 7) is 6.61. The maximum absolute atomic E-state index is 12.6. The van der Waals surface area contributed by atoms with Gasteiger partial charge in [-0.15, -0.1) is 0 Å². The Kier molecular flexibility index (Phi) is 8.71. The molecule has 0 aliphatic rings. The number of ether oxygens (including phenoxy) is 2. The van der Waals surface area contributed by atoms with Crippen LogP contribution >= 0.6 is 0 Å². The van der Waals surface area contributed by atoms with E-state index in [-0.39, 0.29) is 24.2 Å². The standard InChI is InChI=1S/C24H31NO4/c1-5-29-23(26)15-21(13-17(2)3)24(27)25-16-18-9-11-19(12-10-18)20-7-6-8-22(14-20)28-4/h6-12,14,17,21H,5,13,15-16H2,1-4H3,(H,25,27). The summed E-state index contributed by atoms with van der Waals surface area (Å²) in [5, 5.41) is 2.96. The van der Waals surface area contributed by atoms with Crippen molar-refractivity contribution >= 4 is 11.9 Å². The van der Waals surface area contributed by atoms with Gasteiger partial charge in [0.05, 0.1) is 20.1 Å². The van der Waals surface area contributed by atoms with Gasteiger partial charge in [0.15, 0.2) is 0 Å². The van der Waals surface area contributed by atoms with Gasteiger partial charge in [-0.25, -0.2) is 0 Å². The highest BCUT2D eigenvalue weighted by Crippen LogP contribution is 2.24. The van der Waals surface area contributed by atoms with E-state index >= 15 is 0 Å². The minimum absolute atomic E-state index is 0.108. The highest BCUT2D eigenvalue weighted by atomic mass is 16.5. The molecular weight excluding hydrogens is 366 g/mol. The molecule has 1 amide bonds. The van der Waals surface area contributed by atoms with Crippen molar-refractivity contribution in [3.05, 3.63) is 54.1 Å². The van der Waals surface area contributed by atoms with E-state index in [9.17, 15) is 9.59 Å². The normalized spacial score (nSPS) is 11.8. The lowest BCUT2D eigenvalue weighted by molar-refractivity contribution is -0.146. The summed E-state index contributed by atoms with van der Waals surface area (Å²) in [7, 11) is 1.65. The third-order valence-corrected chi connectivity index (χ3v) is 4.67. The number of carbonyl (C=O) groups excluding carboxylic acids is 2. The summed E-state index contributed by atoms with van der Waals surface area (Å²) in [6, 6.07) is 15.9. The van der Waals surface area contributed by atoms with Crippen molar-refractivity contribution < 1.29 is 19.1 Å². The zero-order valence-electron chi connectivity index (χ0n) is 17.7. The molecule has 29 heavy (non-hydrogen) atoms. The number of hydrogen-bond donors (Lipinski definition) is 1. The van der Waals surface area contributed by atoms with Crippen LogP contribution in [0.1, 0.15) is 39.2 Å². The maximum atomic E-state index is 12.6. The first-order chi connectivity index (χ1) is 13.9. The van der Waals surface area contributed by atoms with Crippen LogP contribution in [0.25, 0.3) is 11.1 Å². The molecule has 0 aliphatic carbocycles. The minimum atomic E-state index is -0.370. The number of rotatable bonds is 10. The summed E-state index contributed by atoms with van der Waals surface area (Å²) in [5.41, 5.74) is 3.16. The predicted molar refractivity (Wildman–Crippen MR) is 114 cm³/mol. The fraction of sp³-hybridized carbons (Fsp3) is 0.417. The molecule has 2 aromatic rings. The minimum Gasteiger partial charge on any atom is -0.497 e. The summed E-state index contributed by atoms with van der Waals surface area (Å²) < 4.78 is 10.3. The van der Waals surface area contributed by atoms with Crippen LogP contribution in [-0.2, 0) is 20.9 Å². The zero-order valence-corrected chi connectivity index (χ0v) is 17.7. The SMILES string of the molecule is CCOC(=O)CC(CC(C)C)C(=O)NCc1ccc(-c2cccc(OC)c2)cc1. The summed E-state index contributed by atoms with van der Waals surface area (Å²) in [5.74, 6) is 0.337. The smallest absolute Gasteiger partial charge is 0.306 e. The van der Waals surface area contributed by atoms with Crippen LogP contribution in [0.3, 0.4) is 0 Å². The van der Waals surface area contributed by atoms with E-state index in [2.05, 4.69) is 5.32 Å². The quantitative estimate of drug-likeness (QED) is 0.596. The number of nitrogens with one attached hydrogen (secondary N) is 1. The Morgan fingerprint density at radius 3 is 2.38 bits per heavy atom. The lowest BCUT2D eigenvalue weighted by Gasteiger charge is -2.18. The molecule has 5 heteroatoms. The Balaban J connectivity index is 1.97. The van der Waals surface area contributed by atoms with Crippen LogP contribution in [0, 0.1) is 11.8 Å². The third kappa shape index (κ3) is 7.26. The van der Waals surface area contributed by atoms with E-state index in [0.717, 1.165) is 22.4 Å². The van der Waals surface area contributed by atoms with Crippen molar-refractivity contribution in [3.63, 3.8) is 0 Å². The maximum Gasteiger partial charge on any atom is 0.306 e. The lowest BCUT2D eigenvalue weighted by atomic mass is 9.93. The topological polar surface area (TPSA) is 64.6 Å². The van der Waals surface area contributed by atoms with E-state index in [4.69, 9.17) is 9.47 Å². The second kappa shape index (κ2) is 11.2. The number of amides is 1. The summed E-state index contributed by atoms with van der Waals surface area (Å²) >= 11 is 0. The number of benzene rings is 2. The van der Waals surface area contributed by atoms with Crippen molar-refractivity contribution in [3.8, 4) is 16.9 Å². The number of carbonyl (C=O) groups is 2. The fourth-order valence-electron chi connectivity index (χ4n) is 3.22. The number of hydrogen-bond acceptors (Lipinski definition) is 4. The van der Waals surface area contributed by atoms with Gasteiger partial charge in [0.1, 0.15) is 5.75 Å². The van der Waals surface area contributed by atoms with E-state index in [1.54, 1.807) is 14.0 Å². The Labute approximate surface area is 173 Å². The molecule has 0 heterocycles. The van der Waals surface area contributed by atoms with Crippen LogP contribution < -0.4 is 10.1 Å². The number of methoxy groups -OCH3 is 1. The highest BCUT2D eigenvalue weighted by molar-refractivity contribution is 5.83. The van der Waals surface area contributed by atoms with Crippen molar-refractivity contribution in [1.29, 1.82) is 0 Å². The predicted octanol–water partition coefficient (Wildman–Crippen LogP) is 4.59. The average Bonchev–Trinajstić information content (AvgIpc) is 2.71. The van der Waals surface area contributed by atoms with Crippen molar-refractivity contribution in [2.45, 2.75) is 40.2 Å². The molecule has 1 atom stereocenters. The molecule has 0 bridgehead atoms. The molecule has 2 aromatic carbocycles. The van der Waals surface area contributed by atoms with Gasteiger partial charge in [-0.2, -0.15) is 0 Å². The first-order valence-electron chi connectivity index (χ1n) is 10.1. The average molecular weight is 398 g/mol. The van der Waals surface area contributed by atoms with Gasteiger partial charge >= 0.3 is 5.97 Å². The Morgan fingerprint density at radius 1 is 1.03 bits per heavy atom. The summed E-state index contributed by atoms with van der Waals surface area (Å²) in [6.07, 6.45) is 0.770. The van der Waals surface area contributed by atoms with Gasteiger partial charge < -0.3 is 14.8 Å². The van der Waals surface area contributed by atoms with Crippen LogP contribution in [0.15, 0.2) is 48.5 Å². The fourth-order valence-corrected chi connectivity index (χ4v) is 3.22. The van der Waals surface area contributed by atoms with Gasteiger partial charge in [0, 0.05) is 12.5 Å². The van der Waals surface area contributed by atoms with Crippen molar-refractivity contribution in [2.24, 2.45) is 11.8 Å². The first-order valence-corrected chi connectivity index (χ1v) is 10.1. The molecular formula is C24H31NO4.